The minimum Gasteiger partial charge on any atom is -0.389 e. The molecule has 7 nitrogen and oxygen atoms in total. The second-order valence-electron chi connectivity index (χ2n) is 6.67. The Labute approximate surface area is 156 Å². The van der Waals surface area contributed by atoms with Crippen LogP contribution < -0.4 is 5.32 Å². The number of fused-ring (bicyclic) bond motifs is 1. The summed E-state index contributed by atoms with van der Waals surface area (Å²) < 4.78 is 14.5. The normalized spacial score (nSPS) is 16.4. The van der Waals surface area contributed by atoms with Gasteiger partial charge in [0.2, 0.25) is 0 Å². The van der Waals surface area contributed by atoms with E-state index in [1.807, 2.05) is 6.92 Å². The van der Waals surface area contributed by atoms with Crippen LogP contribution in [0.1, 0.15) is 46.3 Å². The number of nitrogens with zero attached hydrogens (tertiary/aromatic N) is 3. The van der Waals surface area contributed by atoms with E-state index in [0.717, 1.165) is 18.4 Å². The van der Waals surface area contributed by atoms with Gasteiger partial charge in [0.25, 0.3) is 11.8 Å². The van der Waals surface area contributed by atoms with E-state index in [9.17, 15) is 19.1 Å². The largest absolute Gasteiger partial charge is 0.389 e. The lowest BCUT2D eigenvalue weighted by Crippen LogP contribution is -2.32. The zero-order chi connectivity index (χ0) is 19.4. The van der Waals surface area contributed by atoms with Crippen molar-refractivity contribution in [2.75, 3.05) is 13.1 Å². The van der Waals surface area contributed by atoms with Gasteiger partial charge in [-0.3, -0.25) is 14.3 Å². The zero-order valence-electron chi connectivity index (χ0n) is 15.2. The Morgan fingerprint density at radius 3 is 2.85 bits per heavy atom. The number of benzene rings is 1. The first-order chi connectivity index (χ1) is 13.0. The van der Waals surface area contributed by atoms with Crippen LogP contribution in [0, 0.1) is 5.82 Å². The van der Waals surface area contributed by atoms with E-state index < -0.39 is 6.10 Å². The molecule has 0 aliphatic carbocycles. The molecule has 2 N–H and O–H groups in total. The van der Waals surface area contributed by atoms with Gasteiger partial charge >= 0.3 is 0 Å². The molecule has 1 aliphatic rings. The van der Waals surface area contributed by atoms with Crippen molar-refractivity contribution in [1.82, 2.24) is 20.0 Å². The molecule has 8 heteroatoms. The summed E-state index contributed by atoms with van der Waals surface area (Å²) in [6.45, 7) is 3.19. The van der Waals surface area contributed by atoms with Gasteiger partial charge in [-0.05, 0) is 24.1 Å². The van der Waals surface area contributed by atoms with Crippen LogP contribution in [0.15, 0.2) is 30.3 Å². The predicted octanol–water partition coefficient (Wildman–Crippen LogP) is 1.57. The van der Waals surface area contributed by atoms with Crippen molar-refractivity contribution in [2.45, 2.75) is 39.0 Å². The summed E-state index contributed by atoms with van der Waals surface area (Å²) in [5.74, 6) is -0.986. The number of aliphatic hydroxyl groups is 1. The first-order valence-corrected chi connectivity index (χ1v) is 9.05. The molecule has 27 heavy (non-hydrogen) atoms. The number of carbonyl (C=O) groups is 2. The monoisotopic (exact) mass is 374 g/mol. The molecule has 2 aromatic rings. The van der Waals surface area contributed by atoms with Crippen LogP contribution >= 0.6 is 0 Å². The van der Waals surface area contributed by atoms with E-state index in [0.29, 0.717) is 13.1 Å². The maximum atomic E-state index is 13.1. The molecule has 3 rings (SSSR count). The second-order valence-corrected chi connectivity index (χ2v) is 6.67. The Hall–Kier alpha value is -2.74. The maximum Gasteiger partial charge on any atom is 0.274 e. The number of aromatic nitrogens is 2. The van der Waals surface area contributed by atoms with E-state index in [4.69, 9.17) is 0 Å². The van der Waals surface area contributed by atoms with Gasteiger partial charge in [-0.1, -0.05) is 25.5 Å². The number of carbonyl (C=O) groups excluding carboxylic acids is 2. The lowest BCUT2D eigenvalue weighted by Gasteiger charge is -2.22. The van der Waals surface area contributed by atoms with E-state index in [2.05, 4.69) is 10.4 Å². The standard InChI is InChI=1S/C19H23FN4O3/c1-2-3-8-23(11-13-4-6-14(20)7-5-13)19(27)16-9-17-18(26)21-10-15(25)12-24(17)22-16/h4-7,9,15,25H,2-3,8,10-12H2,1H3,(H,21,26). The molecule has 0 saturated heterocycles. The summed E-state index contributed by atoms with van der Waals surface area (Å²) in [6.07, 6.45) is 0.981. The minimum atomic E-state index is -0.756. The molecule has 144 valence electrons. The van der Waals surface area contributed by atoms with Crippen LogP contribution in [0.4, 0.5) is 4.39 Å². The number of nitrogens with one attached hydrogen (secondary N) is 1. The van der Waals surface area contributed by atoms with E-state index in [1.54, 1.807) is 17.0 Å². The number of aliphatic hydroxyl groups excluding tert-OH is 1. The van der Waals surface area contributed by atoms with Crippen LogP contribution in [-0.4, -0.2) is 50.8 Å². The van der Waals surface area contributed by atoms with E-state index >= 15 is 0 Å². The molecule has 1 atom stereocenters. The highest BCUT2D eigenvalue weighted by Gasteiger charge is 2.26. The van der Waals surface area contributed by atoms with Crippen molar-refractivity contribution in [3.05, 3.63) is 53.1 Å². The summed E-state index contributed by atoms with van der Waals surface area (Å²) >= 11 is 0. The van der Waals surface area contributed by atoms with Crippen LogP contribution in [-0.2, 0) is 13.1 Å². The van der Waals surface area contributed by atoms with Crippen molar-refractivity contribution < 1.29 is 19.1 Å². The Bertz CT molecular complexity index is 819. The average molecular weight is 374 g/mol. The lowest BCUT2D eigenvalue weighted by atomic mass is 10.2. The summed E-state index contributed by atoms with van der Waals surface area (Å²) in [4.78, 5) is 26.8. The van der Waals surface area contributed by atoms with Gasteiger partial charge in [-0.25, -0.2) is 4.39 Å². The number of rotatable bonds is 6. The topological polar surface area (TPSA) is 87.5 Å². The first-order valence-electron chi connectivity index (χ1n) is 9.05. The van der Waals surface area contributed by atoms with Gasteiger partial charge in [0.15, 0.2) is 5.69 Å². The van der Waals surface area contributed by atoms with Crippen LogP contribution in [0.2, 0.25) is 0 Å². The molecule has 0 saturated carbocycles. The van der Waals surface area contributed by atoms with Crippen molar-refractivity contribution in [3.8, 4) is 0 Å². The van der Waals surface area contributed by atoms with Gasteiger partial charge in [-0.2, -0.15) is 5.10 Å². The Balaban J connectivity index is 1.83. The second kappa shape index (κ2) is 8.30. The Morgan fingerprint density at radius 1 is 1.41 bits per heavy atom. The van der Waals surface area contributed by atoms with Gasteiger partial charge in [0.1, 0.15) is 11.5 Å². The molecule has 0 spiro atoms. The van der Waals surface area contributed by atoms with Gasteiger partial charge in [0.05, 0.1) is 12.6 Å². The van der Waals surface area contributed by atoms with Crippen LogP contribution in [0.5, 0.6) is 0 Å². The predicted molar refractivity (Wildman–Crippen MR) is 96.6 cm³/mol. The third-order valence-corrected chi connectivity index (χ3v) is 4.47. The van der Waals surface area contributed by atoms with Crippen molar-refractivity contribution in [3.63, 3.8) is 0 Å². The molecule has 0 fully saturated rings. The fraction of sp³-hybridized carbons (Fsp3) is 0.421. The quantitative estimate of drug-likeness (QED) is 0.803. The zero-order valence-corrected chi connectivity index (χ0v) is 15.2. The maximum absolute atomic E-state index is 13.1. The molecular weight excluding hydrogens is 351 g/mol. The van der Waals surface area contributed by atoms with Crippen LogP contribution in [0.25, 0.3) is 0 Å². The molecule has 2 heterocycles. The van der Waals surface area contributed by atoms with Crippen LogP contribution in [0.3, 0.4) is 0 Å². The van der Waals surface area contributed by atoms with Crippen molar-refractivity contribution in [1.29, 1.82) is 0 Å². The van der Waals surface area contributed by atoms with E-state index in [1.165, 1.54) is 22.9 Å². The Morgan fingerprint density at radius 2 is 2.15 bits per heavy atom. The van der Waals surface area contributed by atoms with Gasteiger partial charge < -0.3 is 15.3 Å². The highest BCUT2D eigenvalue weighted by Crippen LogP contribution is 2.15. The number of unbranched alkanes of at least 4 members (excludes halogenated alkanes) is 1. The summed E-state index contributed by atoms with van der Waals surface area (Å²) in [5, 5.41) is 16.7. The van der Waals surface area contributed by atoms with Crippen molar-refractivity contribution in [2.24, 2.45) is 0 Å². The molecule has 0 bridgehead atoms. The van der Waals surface area contributed by atoms with Gasteiger partial charge in [-0.15, -0.1) is 0 Å². The third-order valence-electron chi connectivity index (χ3n) is 4.47. The summed E-state index contributed by atoms with van der Waals surface area (Å²) in [5.41, 5.74) is 1.23. The molecule has 1 aromatic heterocycles. The third kappa shape index (κ3) is 4.51. The molecule has 1 aromatic carbocycles. The van der Waals surface area contributed by atoms with E-state index in [-0.39, 0.29) is 42.1 Å². The number of hydrogen-bond acceptors (Lipinski definition) is 4. The lowest BCUT2D eigenvalue weighted by molar-refractivity contribution is 0.0732. The smallest absolute Gasteiger partial charge is 0.274 e. The fourth-order valence-electron chi connectivity index (χ4n) is 2.98. The number of hydrogen-bond donors (Lipinski definition) is 2. The highest BCUT2D eigenvalue weighted by molar-refractivity contribution is 5.98. The fourth-order valence-corrected chi connectivity index (χ4v) is 2.98. The number of amides is 2. The number of halogens is 1. The molecular formula is C19H23FN4O3. The molecule has 1 aliphatic heterocycles. The average Bonchev–Trinajstić information content (AvgIpc) is 3.02. The summed E-state index contributed by atoms with van der Waals surface area (Å²) in [7, 11) is 0. The minimum absolute atomic E-state index is 0.147. The molecule has 1 unspecified atom stereocenters. The first kappa shape index (κ1) is 19.0. The van der Waals surface area contributed by atoms with Crippen molar-refractivity contribution >= 4 is 11.8 Å². The summed E-state index contributed by atoms with van der Waals surface area (Å²) in [6, 6.07) is 7.48. The number of β-amino-alcohol motifs (C(OH)–C–C–N with tert-alkyl or cyclic N) is 1. The highest BCUT2D eigenvalue weighted by atomic mass is 19.1. The SMILES string of the molecule is CCCCN(Cc1ccc(F)cc1)C(=O)c1cc2n(n1)CC(O)CNC2=O. The Kier molecular flexibility index (Phi) is 5.85. The molecule has 0 radical (unpaired) electrons. The van der Waals surface area contributed by atoms with Gasteiger partial charge in [0, 0.05) is 25.7 Å². The molecule has 2 amide bonds.